The quantitative estimate of drug-likeness (QED) is 0.130. The first-order chi connectivity index (χ1) is 38.6. The van der Waals surface area contributed by atoms with Crippen LogP contribution in [0.5, 0.6) is 46.0 Å². The summed E-state index contributed by atoms with van der Waals surface area (Å²) in [6, 6.07) is 60.3. The van der Waals surface area contributed by atoms with E-state index in [9.17, 15) is 0 Å². The van der Waals surface area contributed by atoms with E-state index in [2.05, 4.69) is 120 Å². The molecule has 0 N–H and O–H groups in total. The predicted molar refractivity (Wildman–Crippen MR) is 311 cm³/mol. The third-order valence-electron chi connectivity index (χ3n) is 14.7. The molecule has 0 saturated heterocycles. The molecule has 4 aliphatic rings. The van der Waals surface area contributed by atoms with Gasteiger partial charge >= 0.3 is 0 Å². The second-order valence-corrected chi connectivity index (χ2v) is 21.2. The maximum Gasteiger partial charge on any atom is 0.163 e. The Kier molecular flexibility index (Phi) is 12.0. The molecule has 0 unspecified atom stereocenters. The minimum absolute atomic E-state index is 0.0913. The number of hydrogen-bond acceptors (Lipinski definition) is 12. The first-order valence-electron chi connectivity index (χ1n) is 26.6. The average molecular weight is 1070 g/mol. The van der Waals surface area contributed by atoms with Crippen molar-refractivity contribution >= 4 is 84.5 Å². The van der Waals surface area contributed by atoms with E-state index in [0.717, 1.165) is 72.9 Å². The Morgan fingerprint density at radius 1 is 0.342 bits per heavy atom. The molecule has 79 heavy (non-hydrogen) atoms. The van der Waals surface area contributed by atoms with E-state index in [4.69, 9.17) is 53.9 Å². The number of nitrogens with zero attached hydrogens (tertiary/aromatic N) is 3. The van der Waals surface area contributed by atoms with Gasteiger partial charge in [-0.25, -0.2) is 0 Å². The van der Waals surface area contributed by atoms with Crippen LogP contribution in [0.15, 0.2) is 180 Å². The second-order valence-electron chi connectivity index (χ2n) is 20.8. The molecule has 12 nitrogen and oxygen atoms in total. The molecule has 1 aromatic heterocycles. The fourth-order valence-electron chi connectivity index (χ4n) is 10.8. The Hall–Kier alpha value is -9.13. The summed E-state index contributed by atoms with van der Waals surface area (Å²) in [5, 5.41) is 3.60. The standard InChI is InChI=1S/C66H54ClN3O9/c1-66(2,3)45-11-14-46(15-12-45)68(47-13-10-41-32-44(9-8-42(41)33-47)60-34-43-6-4-5-7-55(43)79-60)52-35-53(69(48-16-20-56-61(37-48)75-28-24-71-56)49-17-21-57-62(38-49)76-29-25-72-57)65(67)54(36-52)70(50-18-22-58-63(39-50)77-30-26-73-58)51-19-23-59-64(40-51)78-31-27-74-59/h4-23,32-40H,24-31H2,1-3H3. The molecule has 5 heterocycles. The maximum atomic E-state index is 8.25. The van der Waals surface area contributed by atoms with E-state index in [-0.39, 0.29) is 5.41 Å². The molecular weight excluding hydrogens is 1010 g/mol. The largest absolute Gasteiger partial charge is 0.486 e. The molecule has 0 amide bonds. The van der Waals surface area contributed by atoms with Gasteiger partial charge in [-0.05, 0) is 125 Å². The molecule has 394 valence electrons. The summed E-state index contributed by atoms with van der Waals surface area (Å²) in [6.45, 7) is 10.2. The number of anilines is 9. The fourth-order valence-corrected chi connectivity index (χ4v) is 11.1. The molecule has 13 heteroatoms. The summed E-state index contributed by atoms with van der Waals surface area (Å²) in [5.41, 5.74) is 9.98. The van der Waals surface area contributed by atoms with Crippen molar-refractivity contribution in [1.29, 1.82) is 0 Å². The van der Waals surface area contributed by atoms with E-state index < -0.39 is 0 Å². The highest BCUT2D eigenvalue weighted by Crippen LogP contribution is 2.54. The maximum absolute atomic E-state index is 8.25. The highest BCUT2D eigenvalue weighted by Gasteiger charge is 2.30. The molecule has 0 radical (unpaired) electrons. The van der Waals surface area contributed by atoms with Crippen LogP contribution >= 0.6 is 11.6 Å². The highest BCUT2D eigenvalue weighted by atomic mass is 35.5. The average Bonchev–Trinajstić information content (AvgIpc) is 4.11. The van der Waals surface area contributed by atoms with Crippen LogP contribution in [0.4, 0.5) is 51.2 Å². The third-order valence-corrected chi connectivity index (χ3v) is 15.1. The Bertz CT molecular complexity index is 3690. The number of hydrogen-bond donors (Lipinski definition) is 0. The summed E-state index contributed by atoms with van der Waals surface area (Å²) >= 11 is 8.25. The number of furan rings is 1. The predicted octanol–water partition coefficient (Wildman–Crippen LogP) is 16.7. The zero-order valence-corrected chi connectivity index (χ0v) is 44.5. The van der Waals surface area contributed by atoms with Crippen molar-refractivity contribution in [2.75, 3.05) is 67.6 Å². The summed E-state index contributed by atoms with van der Waals surface area (Å²) in [4.78, 5) is 6.57. The molecule has 0 spiro atoms. The summed E-state index contributed by atoms with van der Waals surface area (Å²) < 4.78 is 55.8. The van der Waals surface area contributed by atoms with Gasteiger partial charge in [0.05, 0.1) is 44.8 Å². The third kappa shape index (κ3) is 9.11. The molecular formula is C66H54ClN3O9. The van der Waals surface area contributed by atoms with Gasteiger partial charge in [-0.15, -0.1) is 0 Å². The summed E-state index contributed by atoms with van der Waals surface area (Å²) in [7, 11) is 0. The molecule has 0 fully saturated rings. The van der Waals surface area contributed by atoms with Crippen LogP contribution in [0.3, 0.4) is 0 Å². The monoisotopic (exact) mass is 1070 g/mol. The van der Waals surface area contributed by atoms with Crippen molar-refractivity contribution in [1.82, 2.24) is 0 Å². The van der Waals surface area contributed by atoms with Gasteiger partial charge in [0.25, 0.3) is 0 Å². The second kappa shape index (κ2) is 19.7. The minimum Gasteiger partial charge on any atom is -0.486 e. The first kappa shape index (κ1) is 48.3. The number of benzene rings is 9. The van der Waals surface area contributed by atoms with Crippen LogP contribution in [0.2, 0.25) is 5.02 Å². The first-order valence-corrected chi connectivity index (χ1v) is 27.0. The number of halogens is 1. The Morgan fingerprint density at radius 2 is 0.747 bits per heavy atom. The smallest absolute Gasteiger partial charge is 0.163 e. The van der Waals surface area contributed by atoms with E-state index in [1.54, 1.807) is 0 Å². The lowest BCUT2D eigenvalue weighted by molar-refractivity contribution is 0.171. The van der Waals surface area contributed by atoms with Crippen LogP contribution in [0, 0.1) is 0 Å². The van der Waals surface area contributed by atoms with Gasteiger partial charge in [-0.3, -0.25) is 0 Å². The Morgan fingerprint density at radius 3 is 1.22 bits per heavy atom. The van der Waals surface area contributed by atoms with Crippen LogP contribution in [-0.2, 0) is 5.41 Å². The van der Waals surface area contributed by atoms with Crippen LogP contribution in [0.1, 0.15) is 26.3 Å². The Balaban J connectivity index is 1.03. The lowest BCUT2D eigenvalue weighted by atomic mass is 9.87. The summed E-state index contributed by atoms with van der Waals surface area (Å²) in [6.07, 6.45) is 0. The lowest BCUT2D eigenvalue weighted by Crippen LogP contribution is -2.20. The molecule has 10 aromatic rings. The van der Waals surface area contributed by atoms with Crippen molar-refractivity contribution in [2.24, 2.45) is 0 Å². The van der Waals surface area contributed by atoms with Crippen molar-refractivity contribution in [3.63, 3.8) is 0 Å². The van der Waals surface area contributed by atoms with Crippen LogP contribution < -0.4 is 52.6 Å². The van der Waals surface area contributed by atoms with E-state index in [1.165, 1.54) is 5.56 Å². The summed E-state index contributed by atoms with van der Waals surface area (Å²) in [5.74, 6) is 5.93. The molecule has 0 bridgehead atoms. The molecule has 14 rings (SSSR count). The zero-order valence-electron chi connectivity index (χ0n) is 43.8. The minimum atomic E-state index is -0.0913. The van der Waals surface area contributed by atoms with E-state index in [0.29, 0.717) is 115 Å². The zero-order chi connectivity index (χ0) is 53.2. The molecule has 0 aliphatic carbocycles. The normalized spacial score (nSPS) is 14.2. The van der Waals surface area contributed by atoms with Gasteiger partial charge < -0.3 is 57.0 Å². The molecule has 0 saturated carbocycles. The van der Waals surface area contributed by atoms with Crippen LogP contribution in [0.25, 0.3) is 33.1 Å². The van der Waals surface area contributed by atoms with Gasteiger partial charge in [-0.2, -0.15) is 0 Å². The number of rotatable bonds is 10. The van der Waals surface area contributed by atoms with Crippen molar-refractivity contribution < 1.29 is 42.3 Å². The van der Waals surface area contributed by atoms with E-state index in [1.807, 2.05) is 91.0 Å². The molecule has 0 atom stereocenters. The number of ether oxygens (including phenoxy) is 8. The Labute approximate surface area is 462 Å². The van der Waals surface area contributed by atoms with Gasteiger partial charge in [0.15, 0.2) is 46.0 Å². The van der Waals surface area contributed by atoms with Crippen molar-refractivity contribution in [3.8, 4) is 57.3 Å². The van der Waals surface area contributed by atoms with E-state index >= 15 is 0 Å². The van der Waals surface area contributed by atoms with Gasteiger partial charge in [-0.1, -0.05) is 80.9 Å². The molecule has 9 aromatic carbocycles. The van der Waals surface area contributed by atoms with Crippen molar-refractivity contribution in [2.45, 2.75) is 26.2 Å². The topological polar surface area (TPSA) is 96.7 Å². The van der Waals surface area contributed by atoms with Crippen molar-refractivity contribution in [3.05, 3.63) is 187 Å². The molecule has 4 aliphatic heterocycles. The SMILES string of the molecule is CC(C)(C)c1ccc(N(c2cc(N(c3ccc4c(c3)OCCO4)c3ccc4c(c3)OCCO4)c(Cl)c(N(c3ccc4c(c3)OCCO4)c3ccc4c(c3)OCCO4)c2)c2ccc3cc(-c4cc5ccccc5o4)ccc3c2)cc1. The van der Waals surface area contributed by atoms with Crippen LogP contribution in [-0.4, -0.2) is 52.9 Å². The lowest BCUT2D eigenvalue weighted by Gasteiger charge is -2.35. The number of fused-ring (bicyclic) bond motifs is 6. The van der Waals surface area contributed by atoms with Gasteiger partial charge in [0.1, 0.15) is 64.2 Å². The van der Waals surface area contributed by atoms with Gasteiger partial charge in [0.2, 0.25) is 0 Å². The fraction of sp³-hybridized carbons (Fsp3) is 0.182. The highest BCUT2D eigenvalue weighted by molar-refractivity contribution is 6.37. The van der Waals surface area contributed by atoms with Gasteiger partial charge in [0, 0.05) is 46.6 Å². The number of para-hydroxylation sites is 1.